The van der Waals surface area contributed by atoms with Crippen LogP contribution < -0.4 is 0 Å². The Kier molecular flexibility index (Phi) is 3.12. The van der Waals surface area contributed by atoms with Crippen LogP contribution in [0.5, 0.6) is 0 Å². The van der Waals surface area contributed by atoms with E-state index in [9.17, 15) is 0 Å². The molecule has 0 aliphatic carbocycles. The third-order valence-electron chi connectivity index (χ3n) is 1.92. The van der Waals surface area contributed by atoms with E-state index >= 15 is 0 Å². The van der Waals surface area contributed by atoms with Crippen molar-refractivity contribution in [3.8, 4) is 11.5 Å². The molecular formula is C12H17NSi. The van der Waals surface area contributed by atoms with Gasteiger partial charge in [0.25, 0.3) is 0 Å². The average Bonchev–Trinajstić information content (AvgIpc) is 2.06. The van der Waals surface area contributed by atoms with Crippen molar-refractivity contribution in [2.24, 2.45) is 0 Å². The molecule has 0 fully saturated rings. The van der Waals surface area contributed by atoms with Crippen LogP contribution in [0.25, 0.3) is 0 Å². The van der Waals surface area contributed by atoms with Crippen LogP contribution >= 0.6 is 0 Å². The van der Waals surface area contributed by atoms with Gasteiger partial charge < -0.3 is 0 Å². The van der Waals surface area contributed by atoms with E-state index in [1.165, 1.54) is 5.56 Å². The SMILES string of the molecule is Cc1cc(C#C[Si](C)(C)C)cnc1C. The quantitative estimate of drug-likeness (QED) is 0.467. The van der Waals surface area contributed by atoms with Gasteiger partial charge in [0.15, 0.2) is 0 Å². The molecule has 1 aromatic rings. The van der Waals surface area contributed by atoms with Gasteiger partial charge in [-0.2, -0.15) is 0 Å². The van der Waals surface area contributed by atoms with E-state index in [2.05, 4.69) is 49.1 Å². The van der Waals surface area contributed by atoms with Crippen LogP contribution in [0.15, 0.2) is 12.3 Å². The Hall–Kier alpha value is -1.07. The molecule has 2 heteroatoms. The van der Waals surface area contributed by atoms with Crippen LogP contribution in [0.2, 0.25) is 19.6 Å². The summed E-state index contributed by atoms with van der Waals surface area (Å²) in [4.78, 5) is 4.29. The maximum absolute atomic E-state index is 4.29. The second-order valence-corrected chi connectivity index (χ2v) is 9.38. The summed E-state index contributed by atoms with van der Waals surface area (Å²) in [6.07, 6.45) is 1.86. The van der Waals surface area contributed by atoms with Crippen LogP contribution in [0.1, 0.15) is 16.8 Å². The van der Waals surface area contributed by atoms with Crippen molar-refractivity contribution in [2.75, 3.05) is 0 Å². The van der Waals surface area contributed by atoms with Crippen molar-refractivity contribution >= 4 is 8.07 Å². The highest BCUT2D eigenvalue weighted by molar-refractivity contribution is 6.83. The fraction of sp³-hybridized carbons (Fsp3) is 0.417. The standard InChI is InChI=1S/C12H17NSi/c1-10-8-12(9-13-11(10)2)6-7-14(3,4)5/h8-9H,1-5H3. The topological polar surface area (TPSA) is 12.9 Å². The van der Waals surface area contributed by atoms with Gasteiger partial charge in [0.2, 0.25) is 0 Å². The normalized spacial score (nSPS) is 10.6. The Morgan fingerprint density at radius 2 is 1.86 bits per heavy atom. The molecule has 1 heterocycles. The number of aryl methyl sites for hydroxylation is 2. The molecule has 0 unspecified atom stereocenters. The summed E-state index contributed by atoms with van der Waals surface area (Å²) >= 11 is 0. The molecule has 0 saturated heterocycles. The lowest BCUT2D eigenvalue weighted by atomic mass is 10.2. The first-order valence-corrected chi connectivity index (χ1v) is 8.35. The van der Waals surface area contributed by atoms with E-state index in [0.29, 0.717) is 0 Å². The summed E-state index contributed by atoms with van der Waals surface area (Å²) in [5.41, 5.74) is 6.67. The third kappa shape index (κ3) is 3.35. The molecule has 0 aliphatic rings. The molecule has 0 bridgehead atoms. The van der Waals surface area contributed by atoms with Gasteiger partial charge in [-0.15, -0.1) is 5.54 Å². The number of nitrogens with zero attached hydrogens (tertiary/aromatic N) is 1. The van der Waals surface area contributed by atoms with E-state index < -0.39 is 8.07 Å². The first kappa shape index (κ1) is 11.0. The van der Waals surface area contributed by atoms with Crippen molar-refractivity contribution in [3.05, 3.63) is 29.1 Å². The highest BCUT2D eigenvalue weighted by atomic mass is 28.3. The Morgan fingerprint density at radius 3 is 2.36 bits per heavy atom. The minimum absolute atomic E-state index is 1.04. The highest BCUT2D eigenvalue weighted by Crippen LogP contribution is 2.06. The molecule has 1 rings (SSSR count). The second kappa shape index (κ2) is 3.98. The van der Waals surface area contributed by atoms with Gasteiger partial charge in [-0.3, -0.25) is 4.98 Å². The summed E-state index contributed by atoms with van der Waals surface area (Å²) in [7, 11) is -1.26. The van der Waals surface area contributed by atoms with E-state index in [-0.39, 0.29) is 0 Å². The summed E-state index contributed by atoms with van der Waals surface area (Å²) in [5.74, 6) is 3.20. The Labute approximate surface area is 87.6 Å². The number of hydrogen-bond acceptors (Lipinski definition) is 1. The maximum atomic E-state index is 4.29. The van der Waals surface area contributed by atoms with Crippen LogP contribution in [0, 0.1) is 25.3 Å². The summed E-state index contributed by atoms with van der Waals surface area (Å²) < 4.78 is 0. The number of hydrogen-bond donors (Lipinski definition) is 0. The Balaban J connectivity index is 2.98. The molecule has 0 radical (unpaired) electrons. The van der Waals surface area contributed by atoms with Gasteiger partial charge in [0.05, 0.1) is 0 Å². The minimum atomic E-state index is -1.26. The maximum Gasteiger partial charge on any atom is 0.129 e. The van der Waals surface area contributed by atoms with Crippen molar-refractivity contribution in [1.29, 1.82) is 0 Å². The van der Waals surface area contributed by atoms with E-state index in [1.54, 1.807) is 0 Å². The fourth-order valence-corrected chi connectivity index (χ4v) is 1.49. The van der Waals surface area contributed by atoms with Gasteiger partial charge in [-0.25, -0.2) is 0 Å². The lowest BCUT2D eigenvalue weighted by Crippen LogP contribution is -2.16. The molecule has 0 spiro atoms. The van der Waals surface area contributed by atoms with Gasteiger partial charge in [-0.1, -0.05) is 25.6 Å². The smallest absolute Gasteiger partial charge is 0.129 e. The molecule has 0 N–H and O–H groups in total. The zero-order valence-electron chi connectivity index (χ0n) is 9.60. The van der Waals surface area contributed by atoms with Crippen LogP contribution in [0.3, 0.4) is 0 Å². The van der Waals surface area contributed by atoms with Crippen LogP contribution in [-0.4, -0.2) is 13.1 Å². The van der Waals surface area contributed by atoms with E-state index in [4.69, 9.17) is 0 Å². The predicted molar refractivity (Wildman–Crippen MR) is 63.9 cm³/mol. The summed E-state index contributed by atoms with van der Waals surface area (Å²) in [6.45, 7) is 10.8. The van der Waals surface area contributed by atoms with Crippen LogP contribution in [0.4, 0.5) is 0 Å². The number of pyridine rings is 1. The molecule has 0 amide bonds. The first-order valence-electron chi connectivity index (χ1n) is 4.85. The Morgan fingerprint density at radius 1 is 1.21 bits per heavy atom. The Bertz CT molecular complexity index is 391. The summed E-state index contributed by atoms with van der Waals surface area (Å²) in [6, 6.07) is 2.11. The number of aromatic nitrogens is 1. The lowest BCUT2D eigenvalue weighted by molar-refractivity contribution is 1.14. The van der Waals surface area contributed by atoms with Gasteiger partial charge >= 0.3 is 0 Å². The zero-order chi connectivity index (χ0) is 10.8. The van der Waals surface area contributed by atoms with E-state index in [1.807, 2.05) is 13.1 Å². The molecule has 14 heavy (non-hydrogen) atoms. The lowest BCUT2D eigenvalue weighted by Gasteiger charge is -2.03. The first-order chi connectivity index (χ1) is 6.38. The molecular weight excluding hydrogens is 186 g/mol. The molecule has 74 valence electrons. The molecule has 1 nitrogen and oxygen atoms in total. The van der Waals surface area contributed by atoms with Crippen LogP contribution in [-0.2, 0) is 0 Å². The molecule has 1 aromatic heterocycles. The van der Waals surface area contributed by atoms with Crippen molar-refractivity contribution in [3.63, 3.8) is 0 Å². The monoisotopic (exact) mass is 203 g/mol. The van der Waals surface area contributed by atoms with Gasteiger partial charge in [-0.05, 0) is 25.5 Å². The molecule has 0 aliphatic heterocycles. The minimum Gasteiger partial charge on any atom is -0.260 e. The fourth-order valence-electron chi connectivity index (χ4n) is 0.971. The van der Waals surface area contributed by atoms with E-state index in [0.717, 1.165) is 11.3 Å². The van der Waals surface area contributed by atoms with Crippen molar-refractivity contribution in [1.82, 2.24) is 4.98 Å². The van der Waals surface area contributed by atoms with Crippen molar-refractivity contribution in [2.45, 2.75) is 33.5 Å². The largest absolute Gasteiger partial charge is 0.260 e. The van der Waals surface area contributed by atoms with Gasteiger partial charge in [0.1, 0.15) is 8.07 Å². The zero-order valence-corrected chi connectivity index (χ0v) is 10.6. The molecule has 0 aromatic carbocycles. The molecule has 0 saturated carbocycles. The average molecular weight is 203 g/mol. The third-order valence-corrected chi connectivity index (χ3v) is 2.80. The summed E-state index contributed by atoms with van der Waals surface area (Å²) in [5, 5.41) is 0. The van der Waals surface area contributed by atoms with Gasteiger partial charge in [0, 0.05) is 17.5 Å². The molecule has 0 atom stereocenters. The van der Waals surface area contributed by atoms with Crippen molar-refractivity contribution < 1.29 is 0 Å². The number of rotatable bonds is 0. The highest BCUT2D eigenvalue weighted by Gasteiger charge is 2.07. The second-order valence-electron chi connectivity index (χ2n) is 4.63. The predicted octanol–water partition coefficient (Wildman–Crippen LogP) is 2.93.